The molecule has 0 fully saturated rings. The zero-order chi connectivity index (χ0) is 17.0. The van der Waals surface area contributed by atoms with Crippen LogP contribution in [0.1, 0.15) is 25.3 Å². The van der Waals surface area contributed by atoms with Crippen LogP contribution < -0.4 is 5.32 Å². The number of aryl methyl sites for hydroxylation is 1. The Hall–Kier alpha value is -1.66. The Bertz CT molecular complexity index is 645. The molecule has 0 bridgehead atoms. The van der Waals surface area contributed by atoms with Crippen molar-refractivity contribution in [1.29, 1.82) is 0 Å². The molecule has 2 aromatic rings. The fraction of sp³-hybridized carbons (Fsp3) is 0.529. The van der Waals surface area contributed by atoms with Gasteiger partial charge in [-0.15, -0.1) is 0 Å². The van der Waals surface area contributed by atoms with Crippen molar-refractivity contribution in [3.63, 3.8) is 0 Å². The third-order valence-corrected chi connectivity index (χ3v) is 4.18. The Morgan fingerprint density at radius 3 is 2.78 bits per heavy atom. The molecular formula is C17H25N3O2S. The van der Waals surface area contributed by atoms with Gasteiger partial charge in [0, 0.05) is 24.0 Å². The van der Waals surface area contributed by atoms with E-state index >= 15 is 0 Å². The van der Waals surface area contributed by atoms with Gasteiger partial charge in [-0.1, -0.05) is 13.8 Å². The van der Waals surface area contributed by atoms with Gasteiger partial charge < -0.3 is 14.6 Å². The topological polar surface area (TPSA) is 58.4 Å². The molecule has 2 aromatic heterocycles. The van der Waals surface area contributed by atoms with Crippen LogP contribution in [0.5, 0.6) is 0 Å². The van der Waals surface area contributed by atoms with Crippen molar-refractivity contribution in [2.45, 2.75) is 27.2 Å². The summed E-state index contributed by atoms with van der Waals surface area (Å²) < 4.78 is 5.67. The van der Waals surface area contributed by atoms with E-state index in [9.17, 15) is 4.79 Å². The normalized spacial score (nSPS) is 11.9. The van der Waals surface area contributed by atoms with Crippen LogP contribution in [0.3, 0.4) is 0 Å². The zero-order valence-corrected chi connectivity index (χ0v) is 15.3. The Labute approximate surface area is 141 Å². The van der Waals surface area contributed by atoms with Crippen molar-refractivity contribution in [3.05, 3.63) is 28.3 Å². The summed E-state index contributed by atoms with van der Waals surface area (Å²) in [6.07, 6.45) is 0.248. The molecule has 0 saturated heterocycles. The van der Waals surface area contributed by atoms with Crippen LogP contribution in [0, 0.1) is 12.3 Å². The predicted molar refractivity (Wildman–Crippen MR) is 93.6 cm³/mol. The highest BCUT2D eigenvalue weighted by Gasteiger charge is 2.21. The number of hydrogen-bond acceptors (Lipinski definition) is 5. The number of rotatable bonds is 7. The molecule has 126 valence electrons. The quantitative estimate of drug-likeness (QED) is 0.845. The van der Waals surface area contributed by atoms with Gasteiger partial charge in [-0.3, -0.25) is 4.79 Å². The summed E-state index contributed by atoms with van der Waals surface area (Å²) in [6, 6.07) is 1.96. The van der Waals surface area contributed by atoms with E-state index in [-0.39, 0.29) is 17.7 Å². The van der Waals surface area contributed by atoms with Crippen molar-refractivity contribution in [3.8, 4) is 11.5 Å². The number of oxazole rings is 1. The standard InChI is InChI=1S/C17H25N3O2S/c1-12-14(19-16(22-12)13-6-7-23-9-13)8-15(21)18-10-17(2,3)11-20(4)5/h6-7,9H,8,10-11H2,1-5H3,(H,18,21). The van der Waals surface area contributed by atoms with Crippen molar-refractivity contribution in [2.75, 3.05) is 27.2 Å². The van der Waals surface area contributed by atoms with Crippen LogP contribution in [0.25, 0.3) is 11.5 Å². The van der Waals surface area contributed by atoms with E-state index in [2.05, 4.69) is 29.0 Å². The second kappa shape index (κ2) is 7.27. The van der Waals surface area contributed by atoms with Gasteiger partial charge in [0.15, 0.2) is 0 Å². The summed E-state index contributed by atoms with van der Waals surface area (Å²) in [5.41, 5.74) is 1.69. The highest BCUT2D eigenvalue weighted by molar-refractivity contribution is 7.08. The predicted octanol–water partition coefficient (Wildman–Crippen LogP) is 2.96. The Morgan fingerprint density at radius 1 is 1.43 bits per heavy atom. The number of nitrogens with one attached hydrogen (secondary N) is 1. The van der Waals surface area contributed by atoms with Gasteiger partial charge in [0.25, 0.3) is 0 Å². The SMILES string of the molecule is Cc1oc(-c2ccsc2)nc1CC(=O)NCC(C)(C)CN(C)C. The third kappa shape index (κ3) is 5.18. The Morgan fingerprint density at radius 2 is 2.17 bits per heavy atom. The van der Waals surface area contributed by atoms with E-state index in [1.165, 1.54) is 0 Å². The molecule has 6 heteroatoms. The minimum Gasteiger partial charge on any atom is -0.441 e. The number of carbonyl (C=O) groups excluding carboxylic acids is 1. The van der Waals surface area contributed by atoms with E-state index in [0.29, 0.717) is 23.9 Å². The van der Waals surface area contributed by atoms with Crippen molar-refractivity contribution >= 4 is 17.2 Å². The smallest absolute Gasteiger partial charge is 0.227 e. The van der Waals surface area contributed by atoms with Gasteiger partial charge >= 0.3 is 0 Å². The molecule has 0 aliphatic carbocycles. The summed E-state index contributed by atoms with van der Waals surface area (Å²) in [5, 5.41) is 6.97. The third-order valence-electron chi connectivity index (χ3n) is 3.50. The first-order valence-corrected chi connectivity index (χ1v) is 8.61. The van der Waals surface area contributed by atoms with Crippen LogP contribution >= 0.6 is 11.3 Å². The van der Waals surface area contributed by atoms with E-state index in [0.717, 1.165) is 12.1 Å². The summed E-state index contributed by atoms with van der Waals surface area (Å²) >= 11 is 1.60. The van der Waals surface area contributed by atoms with Gasteiger partial charge in [0.05, 0.1) is 12.1 Å². The number of carbonyl (C=O) groups is 1. The Balaban J connectivity index is 1.93. The lowest BCUT2D eigenvalue weighted by molar-refractivity contribution is -0.121. The fourth-order valence-corrected chi connectivity index (χ4v) is 3.20. The van der Waals surface area contributed by atoms with Crippen LogP contribution in [0.2, 0.25) is 0 Å². The maximum absolute atomic E-state index is 12.2. The molecule has 2 rings (SSSR count). The molecule has 0 spiro atoms. The van der Waals surface area contributed by atoms with Crippen LogP contribution in [0.15, 0.2) is 21.2 Å². The van der Waals surface area contributed by atoms with E-state index < -0.39 is 0 Å². The van der Waals surface area contributed by atoms with Crippen LogP contribution in [-0.2, 0) is 11.2 Å². The maximum atomic E-state index is 12.2. The molecule has 0 aliphatic heterocycles. The average Bonchev–Trinajstić information content (AvgIpc) is 3.06. The summed E-state index contributed by atoms with van der Waals surface area (Å²) in [6.45, 7) is 7.69. The molecule has 0 atom stereocenters. The number of aromatic nitrogens is 1. The zero-order valence-electron chi connectivity index (χ0n) is 14.5. The number of amides is 1. The van der Waals surface area contributed by atoms with Crippen LogP contribution in [0.4, 0.5) is 0 Å². The summed E-state index contributed by atoms with van der Waals surface area (Å²) in [4.78, 5) is 18.8. The van der Waals surface area contributed by atoms with Gasteiger partial charge in [0.1, 0.15) is 5.76 Å². The van der Waals surface area contributed by atoms with Gasteiger partial charge in [-0.2, -0.15) is 11.3 Å². The molecule has 0 aromatic carbocycles. The first kappa shape index (κ1) is 17.7. The monoisotopic (exact) mass is 335 g/mol. The lowest BCUT2D eigenvalue weighted by Crippen LogP contribution is -2.40. The molecular weight excluding hydrogens is 310 g/mol. The first-order valence-electron chi connectivity index (χ1n) is 7.67. The molecule has 0 unspecified atom stereocenters. The summed E-state index contributed by atoms with van der Waals surface area (Å²) in [7, 11) is 4.07. The molecule has 1 N–H and O–H groups in total. The fourth-order valence-electron chi connectivity index (χ4n) is 2.57. The van der Waals surface area contributed by atoms with Crippen molar-refractivity contribution in [2.24, 2.45) is 5.41 Å². The highest BCUT2D eigenvalue weighted by Crippen LogP contribution is 2.24. The van der Waals surface area contributed by atoms with E-state index in [1.54, 1.807) is 11.3 Å². The van der Waals surface area contributed by atoms with Gasteiger partial charge in [0.2, 0.25) is 11.8 Å². The lowest BCUT2D eigenvalue weighted by atomic mass is 9.93. The molecule has 2 heterocycles. The average molecular weight is 335 g/mol. The second-order valence-electron chi connectivity index (χ2n) is 6.89. The molecule has 23 heavy (non-hydrogen) atoms. The van der Waals surface area contributed by atoms with Crippen molar-refractivity contribution < 1.29 is 9.21 Å². The van der Waals surface area contributed by atoms with Crippen molar-refractivity contribution in [1.82, 2.24) is 15.2 Å². The molecule has 0 radical (unpaired) electrons. The van der Waals surface area contributed by atoms with Gasteiger partial charge in [-0.05, 0) is 37.9 Å². The number of nitrogens with zero attached hydrogens (tertiary/aromatic N) is 2. The summed E-state index contributed by atoms with van der Waals surface area (Å²) in [5.74, 6) is 1.26. The highest BCUT2D eigenvalue weighted by atomic mass is 32.1. The molecule has 0 saturated carbocycles. The van der Waals surface area contributed by atoms with E-state index in [1.807, 2.05) is 37.8 Å². The lowest BCUT2D eigenvalue weighted by Gasteiger charge is -2.28. The number of thiophene rings is 1. The minimum absolute atomic E-state index is 0.0231. The molecule has 1 amide bonds. The van der Waals surface area contributed by atoms with Gasteiger partial charge in [-0.25, -0.2) is 4.98 Å². The maximum Gasteiger partial charge on any atom is 0.227 e. The van der Waals surface area contributed by atoms with E-state index in [4.69, 9.17) is 4.42 Å². The largest absolute Gasteiger partial charge is 0.441 e. The molecule has 0 aliphatic rings. The second-order valence-corrected chi connectivity index (χ2v) is 7.67. The number of hydrogen-bond donors (Lipinski definition) is 1. The van der Waals surface area contributed by atoms with Crippen LogP contribution in [-0.4, -0.2) is 43.0 Å². The minimum atomic E-state index is -0.0231. The Kier molecular flexibility index (Phi) is 5.59. The molecule has 5 nitrogen and oxygen atoms in total. The first-order chi connectivity index (χ1) is 10.8.